The molecule has 2 atom stereocenters. The molecule has 1 aromatic rings. The predicted octanol–water partition coefficient (Wildman–Crippen LogP) is 5.63. The van der Waals surface area contributed by atoms with Crippen LogP contribution in [-0.4, -0.2) is 84.3 Å². The van der Waals surface area contributed by atoms with Gasteiger partial charge in [-0.05, 0) is 102 Å². The molecule has 3 aliphatic rings. The zero-order valence-corrected chi connectivity index (χ0v) is 26.7. The summed E-state index contributed by atoms with van der Waals surface area (Å²) in [7, 11) is 1.64. The van der Waals surface area contributed by atoms with Gasteiger partial charge in [-0.3, -0.25) is 9.59 Å². The van der Waals surface area contributed by atoms with E-state index in [1.165, 1.54) is 0 Å². The maximum Gasteiger partial charge on any atom is 0.410 e. The second-order valence-electron chi connectivity index (χ2n) is 13.1. The lowest BCUT2D eigenvalue weighted by Crippen LogP contribution is -2.53. The van der Waals surface area contributed by atoms with Crippen LogP contribution >= 0.6 is 15.9 Å². The highest BCUT2D eigenvalue weighted by Crippen LogP contribution is 2.56. The maximum absolute atomic E-state index is 14.2. The van der Waals surface area contributed by atoms with Gasteiger partial charge in [-0.15, -0.1) is 0 Å². The molecule has 1 saturated heterocycles. The number of likely N-dealkylation sites (tertiary alicyclic amines) is 1. The zero-order valence-electron chi connectivity index (χ0n) is 25.1. The van der Waals surface area contributed by atoms with Crippen molar-refractivity contribution < 1.29 is 28.6 Å². The molecular weight excluding hydrogens is 578 g/mol. The Bertz CT molecular complexity index is 1160. The fourth-order valence-electron chi connectivity index (χ4n) is 6.02. The van der Waals surface area contributed by atoms with Gasteiger partial charge in [-0.25, -0.2) is 4.79 Å². The maximum atomic E-state index is 14.2. The topological polar surface area (TPSA) is 88.6 Å². The molecule has 1 aromatic carbocycles. The first-order chi connectivity index (χ1) is 18.6. The van der Waals surface area contributed by atoms with Crippen molar-refractivity contribution in [2.75, 3.05) is 38.3 Å². The normalized spacial score (nSPS) is 23.6. The van der Waals surface area contributed by atoms with E-state index in [1.54, 1.807) is 42.9 Å². The summed E-state index contributed by atoms with van der Waals surface area (Å²) in [6.07, 6.45) is 3.05. The summed E-state index contributed by atoms with van der Waals surface area (Å²) in [5.74, 6) is 0.308. The van der Waals surface area contributed by atoms with Gasteiger partial charge in [0.2, 0.25) is 0 Å². The summed E-state index contributed by atoms with van der Waals surface area (Å²) in [4.78, 5) is 45.8. The lowest BCUT2D eigenvalue weighted by atomic mass is 9.93. The van der Waals surface area contributed by atoms with Gasteiger partial charge < -0.3 is 28.9 Å². The van der Waals surface area contributed by atoms with Crippen molar-refractivity contribution in [2.45, 2.75) is 97.4 Å². The monoisotopic (exact) mass is 621 g/mol. The summed E-state index contributed by atoms with van der Waals surface area (Å²) < 4.78 is 17.6. The minimum atomic E-state index is -1.02. The van der Waals surface area contributed by atoms with E-state index in [2.05, 4.69) is 15.9 Å². The highest BCUT2D eigenvalue weighted by atomic mass is 79.9. The number of carbonyl (C=O) groups is 3. The Labute approximate surface area is 246 Å². The number of methoxy groups -OCH3 is 1. The van der Waals surface area contributed by atoms with E-state index in [1.807, 2.05) is 39.5 Å². The highest BCUT2D eigenvalue weighted by Gasteiger charge is 2.60. The summed E-state index contributed by atoms with van der Waals surface area (Å²) >= 11 is 3.62. The van der Waals surface area contributed by atoms with Crippen molar-refractivity contribution >= 4 is 39.5 Å². The average Bonchev–Trinajstić information content (AvgIpc) is 3.50. The summed E-state index contributed by atoms with van der Waals surface area (Å²) in [5, 5.41) is 0. The van der Waals surface area contributed by atoms with E-state index in [4.69, 9.17) is 14.2 Å². The third-order valence-corrected chi connectivity index (χ3v) is 8.61. The number of carbonyl (C=O) groups excluding carboxylic acids is 3. The number of fused-ring (bicyclic) bond motifs is 1. The number of nitrogens with zero attached hydrogens (tertiary/aromatic N) is 3. The molecule has 3 amide bonds. The quantitative estimate of drug-likeness (QED) is 0.367. The molecule has 2 aliphatic heterocycles. The van der Waals surface area contributed by atoms with Crippen LogP contribution in [0.4, 0.5) is 10.5 Å². The van der Waals surface area contributed by atoms with Gasteiger partial charge in [0.25, 0.3) is 11.8 Å². The van der Waals surface area contributed by atoms with Crippen molar-refractivity contribution in [3.63, 3.8) is 0 Å². The van der Waals surface area contributed by atoms with Gasteiger partial charge in [-0.2, -0.15) is 0 Å². The van der Waals surface area contributed by atoms with Gasteiger partial charge in [0, 0.05) is 55.3 Å². The van der Waals surface area contributed by atoms with E-state index in [9.17, 15) is 14.4 Å². The molecular formula is C30H44BrN3O6. The van der Waals surface area contributed by atoms with E-state index >= 15 is 0 Å². The van der Waals surface area contributed by atoms with Crippen molar-refractivity contribution in [3.05, 3.63) is 22.2 Å². The van der Waals surface area contributed by atoms with Crippen LogP contribution in [0.25, 0.3) is 0 Å². The van der Waals surface area contributed by atoms with Crippen molar-refractivity contribution in [1.82, 2.24) is 9.80 Å². The van der Waals surface area contributed by atoms with Crippen molar-refractivity contribution in [3.8, 4) is 5.75 Å². The number of benzene rings is 1. The number of amides is 3. The van der Waals surface area contributed by atoms with E-state index in [0.29, 0.717) is 54.1 Å². The molecule has 4 rings (SSSR count). The van der Waals surface area contributed by atoms with Crippen LogP contribution in [0.1, 0.15) is 84.5 Å². The van der Waals surface area contributed by atoms with Gasteiger partial charge >= 0.3 is 6.09 Å². The molecule has 1 aliphatic carbocycles. The Morgan fingerprint density at radius 2 is 1.95 bits per heavy atom. The van der Waals surface area contributed by atoms with E-state index in [0.717, 1.165) is 19.3 Å². The summed E-state index contributed by atoms with van der Waals surface area (Å²) in [5.41, 5.74) is -0.625. The fraction of sp³-hybridized carbons (Fsp3) is 0.700. The molecule has 1 saturated carbocycles. The SMILES string of the molecule is COCCCN1C(=O)C(C)(C)Oc2cc(Br)c(C(=O)N(C(C)C)[C@H]3C[C@@]34CCCN(C(=O)OC(C)(C)C)C4)cc21. The third-order valence-electron chi connectivity index (χ3n) is 7.96. The summed E-state index contributed by atoms with van der Waals surface area (Å²) in [6, 6.07) is 3.54. The lowest BCUT2D eigenvalue weighted by Gasteiger charge is -2.39. The lowest BCUT2D eigenvalue weighted by molar-refractivity contribution is -0.132. The third kappa shape index (κ3) is 6.12. The van der Waals surface area contributed by atoms with Gasteiger partial charge in [0.15, 0.2) is 5.60 Å². The Kier molecular flexibility index (Phi) is 8.54. The predicted molar refractivity (Wildman–Crippen MR) is 157 cm³/mol. The van der Waals surface area contributed by atoms with Gasteiger partial charge in [-0.1, -0.05) is 0 Å². The molecule has 2 heterocycles. The van der Waals surface area contributed by atoms with E-state index in [-0.39, 0.29) is 35.4 Å². The molecule has 0 unspecified atom stereocenters. The number of halogens is 1. The number of hydrogen-bond acceptors (Lipinski definition) is 6. The largest absolute Gasteiger partial charge is 0.476 e. The minimum Gasteiger partial charge on any atom is -0.476 e. The standard InChI is InChI=1S/C30H44BrN3O6/c1-19(2)34(24-17-30(24)11-9-12-32(18-30)27(37)40-28(3,4)5)25(35)20-15-22-23(16-21(20)31)39-29(6,7)26(36)33(22)13-10-14-38-8/h15-16,19,24H,9-14,17-18H2,1-8H3/t24-,30+/m0/s1. The second-order valence-corrected chi connectivity index (χ2v) is 14.0. The number of anilines is 1. The number of hydrogen-bond donors (Lipinski definition) is 0. The molecule has 0 bridgehead atoms. The first-order valence-corrected chi connectivity index (χ1v) is 15.0. The Balaban J connectivity index is 1.60. The Hall–Kier alpha value is -2.33. The van der Waals surface area contributed by atoms with Gasteiger partial charge in [0.05, 0.1) is 11.3 Å². The molecule has 2 fully saturated rings. The molecule has 10 heteroatoms. The molecule has 1 spiro atoms. The van der Waals surface area contributed by atoms with Crippen LogP contribution in [0.5, 0.6) is 5.75 Å². The van der Waals surface area contributed by atoms with Crippen LogP contribution in [-0.2, 0) is 14.3 Å². The number of rotatable bonds is 7. The molecule has 40 heavy (non-hydrogen) atoms. The molecule has 0 N–H and O–H groups in total. The Morgan fingerprint density at radius 3 is 2.58 bits per heavy atom. The van der Waals surface area contributed by atoms with Crippen LogP contribution in [0, 0.1) is 5.41 Å². The molecule has 0 radical (unpaired) electrons. The minimum absolute atomic E-state index is 0.0165. The average molecular weight is 623 g/mol. The molecule has 222 valence electrons. The number of piperidine rings is 1. The zero-order chi connectivity index (χ0) is 29.6. The fourth-order valence-corrected chi connectivity index (χ4v) is 6.51. The number of ether oxygens (including phenoxy) is 3. The summed E-state index contributed by atoms with van der Waals surface area (Å²) in [6.45, 7) is 15.4. The first kappa shape index (κ1) is 30.6. The Morgan fingerprint density at radius 1 is 1.25 bits per heavy atom. The van der Waals surface area contributed by atoms with Crippen LogP contribution in [0.15, 0.2) is 16.6 Å². The second kappa shape index (κ2) is 11.2. The van der Waals surface area contributed by atoms with Crippen molar-refractivity contribution in [1.29, 1.82) is 0 Å². The molecule has 9 nitrogen and oxygen atoms in total. The van der Waals surface area contributed by atoms with E-state index < -0.39 is 11.2 Å². The molecule has 0 aromatic heterocycles. The van der Waals surface area contributed by atoms with Crippen molar-refractivity contribution in [2.24, 2.45) is 5.41 Å². The van der Waals surface area contributed by atoms with Crippen LogP contribution < -0.4 is 9.64 Å². The highest BCUT2D eigenvalue weighted by molar-refractivity contribution is 9.10. The van der Waals surface area contributed by atoms with Crippen LogP contribution in [0.3, 0.4) is 0 Å². The van der Waals surface area contributed by atoms with Gasteiger partial charge in [0.1, 0.15) is 11.4 Å². The smallest absolute Gasteiger partial charge is 0.410 e. The first-order valence-electron chi connectivity index (χ1n) is 14.2. The van der Waals surface area contributed by atoms with Crippen LogP contribution in [0.2, 0.25) is 0 Å².